The molecule has 3 N–H and O–H groups in total. The lowest BCUT2D eigenvalue weighted by Crippen LogP contribution is -2.43. The third kappa shape index (κ3) is 2.97. The number of benzene rings is 2. The summed E-state index contributed by atoms with van der Waals surface area (Å²) < 4.78 is 5.31. The Morgan fingerprint density at radius 1 is 1.10 bits per heavy atom. The van der Waals surface area contributed by atoms with E-state index in [1.807, 2.05) is 36.5 Å². The van der Waals surface area contributed by atoms with Crippen LogP contribution in [0.5, 0.6) is 5.88 Å². The van der Waals surface area contributed by atoms with Gasteiger partial charge in [-0.3, -0.25) is 0 Å². The Balaban J connectivity index is 1.66. The maximum atomic E-state index is 12.3. The van der Waals surface area contributed by atoms with Crippen molar-refractivity contribution < 1.29 is 9.53 Å². The Kier molecular flexibility index (Phi) is 4.39. The number of carbonyl (C=O) groups excluding carboxylic acids is 1. The second-order valence-corrected chi connectivity index (χ2v) is 7.46. The van der Waals surface area contributed by atoms with Crippen LogP contribution in [0.25, 0.3) is 22.2 Å². The minimum absolute atomic E-state index is 0.301. The quantitative estimate of drug-likeness (QED) is 0.541. The molecule has 0 aliphatic carbocycles. The SMILES string of the molecule is COc1ccc2[nH]cc(C3c4ccc(-c5ccccc5)cc4CCN3C(N)=O)c2n1. The summed E-state index contributed by atoms with van der Waals surface area (Å²) in [4.78, 5) is 21.9. The number of carbonyl (C=O) groups is 1. The number of pyridine rings is 1. The molecule has 30 heavy (non-hydrogen) atoms. The first-order valence-electron chi connectivity index (χ1n) is 9.92. The lowest BCUT2D eigenvalue weighted by atomic mass is 9.87. The van der Waals surface area contributed by atoms with Gasteiger partial charge in [0.25, 0.3) is 0 Å². The molecular weight excluding hydrogens is 376 g/mol. The van der Waals surface area contributed by atoms with Crippen LogP contribution in [-0.2, 0) is 6.42 Å². The van der Waals surface area contributed by atoms with Gasteiger partial charge in [0, 0.05) is 24.4 Å². The summed E-state index contributed by atoms with van der Waals surface area (Å²) in [6.07, 6.45) is 2.67. The van der Waals surface area contributed by atoms with E-state index in [4.69, 9.17) is 10.5 Å². The summed E-state index contributed by atoms with van der Waals surface area (Å²) in [6.45, 7) is 0.557. The Hall–Kier alpha value is -3.80. The van der Waals surface area contributed by atoms with Crippen molar-refractivity contribution in [3.05, 3.63) is 83.6 Å². The van der Waals surface area contributed by atoms with Gasteiger partial charge in [-0.2, -0.15) is 0 Å². The maximum Gasteiger partial charge on any atom is 0.315 e. The van der Waals surface area contributed by atoms with E-state index in [1.165, 1.54) is 16.7 Å². The fraction of sp³-hybridized carbons (Fsp3) is 0.167. The molecule has 0 radical (unpaired) electrons. The van der Waals surface area contributed by atoms with Crippen LogP contribution in [0.15, 0.2) is 66.9 Å². The number of hydrogen-bond acceptors (Lipinski definition) is 3. The van der Waals surface area contributed by atoms with E-state index in [1.54, 1.807) is 12.0 Å². The van der Waals surface area contributed by atoms with E-state index in [2.05, 4.69) is 40.3 Å². The highest BCUT2D eigenvalue weighted by Gasteiger charge is 2.33. The highest BCUT2D eigenvalue weighted by molar-refractivity contribution is 5.83. The van der Waals surface area contributed by atoms with Crippen molar-refractivity contribution in [1.29, 1.82) is 0 Å². The number of aromatic nitrogens is 2. The number of rotatable bonds is 3. The zero-order valence-electron chi connectivity index (χ0n) is 16.6. The molecule has 5 rings (SSSR count). The summed E-state index contributed by atoms with van der Waals surface area (Å²) in [5, 5.41) is 0. The van der Waals surface area contributed by atoms with Crippen molar-refractivity contribution in [1.82, 2.24) is 14.9 Å². The van der Waals surface area contributed by atoms with Gasteiger partial charge in [-0.25, -0.2) is 9.78 Å². The fourth-order valence-electron chi connectivity index (χ4n) is 4.33. The van der Waals surface area contributed by atoms with E-state index in [0.29, 0.717) is 12.4 Å². The number of ether oxygens (including phenoxy) is 1. The van der Waals surface area contributed by atoms with E-state index >= 15 is 0 Å². The van der Waals surface area contributed by atoms with Crippen LogP contribution in [0, 0.1) is 0 Å². The van der Waals surface area contributed by atoms with E-state index in [0.717, 1.165) is 28.6 Å². The van der Waals surface area contributed by atoms with Crippen molar-refractivity contribution in [3.63, 3.8) is 0 Å². The van der Waals surface area contributed by atoms with Gasteiger partial charge in [0.2, 0.25) is 5.88 Å². The zero-order chi connectivity index (χ0) is 20.7. The van der Waals surface area contributed by atoms with E-state index in [9.17, 15) is 4.79 Å². The molecule has 0 spiro atoms. The number of primary amides is 1. The topological polar surface area (TPSA) is 84.2 Å². The number of aromatic amines is 1. The summed E-state index contributed by atoms with van der Waals surface area (Å²) in [5.74, 6) is 0.532. The maximum absolute atomic E-state index is 12.3. The summed E-state index contributed by atoms with van der Waals surface area (Å²) in [6, 6.07) is 19.7. The number of fused-ring (bicyclic) bond motifs is 2. The molecule has 6 heteroatoms. The molecule has 3 heterocycles. The summed E-state index contributed by atoms with van der Waals surface area (Å²) in [7, 11) is 1.59. The third-order valence-corrected chi connectivity index (χ3v) is 5.79. The number of H-pyrrole nitrogens is 1. The van der Waals surface area contributed by atoms with Crippen molar-refractivity contribution in [3.8, 4) is 17.0 Å². The average Bonchev–Trinajstić information content (AvgIpc) is 3.21. The highest BCUT2D eigenvalue weighted by Crippen LogP contribution is 2.39. The minimum atomic E-state index is -0.435. The first kappa shape index (κ1) is 18.2. The van der Waals surface area contributed by atoms with Crippen LogP contribution < -0.4 is 10.5 Å². The molecule has 2 aromatic heterocycles. The van der Waals surface area contributed by atoms with Gasteiger partial charge < -0.3 is 20.4 Å². The molecule has 2 amide bonds. The number of nitrogens with zero attached hydrogens (tertiary/aromatic N) is 2. The smallest absolute Gasteiger partial charge is 0.315 e. The van der Waals surface area contributed by atoms with Crippen molar-refractivity contribution in [2.24, 2.45) is 5.73 Å². The van der Waals surface area contributed by atoms with Crippen LogP contribution in [-0.4, -0.2) is 34.6 Å². The van der Waals surface area contributed by atoms with Crippen LogP contribution in [0.4, 0.5) is 4.79 Å². The predicted molar refractivity (Wildman–Crippen MR) is 116 cm³/mol. The predicted octanol–water partition coefficient (Wildman–Crippen LogP) is 4.26. The molecule has 1 unspecified atom stereocenters. The molecular formula is C24H22N4O2. The normalized spacial score (nSPS) is 15.8. The lowest BCUT2D eigenvalue weighted by molar-refractivity contribution is 0.190. The minimum Gasteiger partial charge on any atom is -0.481 e. The average molecular weight is 398 g/mol. The van der Waals surface area contributed by atoms with Gasteiger partial charge in [0.15, 0.2) is 0 Å². The van der Waals surface area contributed by atoms with Gasteiger partial charge in [-0.05, 0) is 34.7 Å². The molecule has 1 aliphatic rings. The van der Waals surface area contributed by atoms with Crippen LogP contribution >= 0.6 is 0 Å². The monoisotopic (exact) mass is 398 g/mol. The van der Waals surface area contributed by atoms with Gasteiger partial charge in [0.1, 0.15) is 0 Å². The molecule has 0 saturated heterocycles. The standard InChI is InChI=1S/C24H22N4O2/c1-30-21-10-9-20-22(27-21)19(14-26-20)23-18-8-7-16(15-5-3-2-4-6-15)13-17(18)11-12-28(23)24(25)29/h2-10,13-14,23,26H,11-12H2,1H3,(H2,25,29). The van der Waals surface area contributed by atoms with Gasteiger partial charge >= 0.3 is 6.03 Å². The fourth-order valence-corrected chi connectivity index (χ4v) is 4.33. The Morgan fingerprint density at radius 3 is 2.70 bits per heavy atom. The largest absolute Gasteiger partial charge is 0.481 e. The lowest BCUT2D eigenvalue weighted by Gasteiger charge is -2.36. The summed E-state index contributed by atoms with van der Waals surface area (Å²) >= 11 is 0. The number of methoxy groups -OCH3 is 1. The molecule has 0 bridgehead atoms. The van der Waals surface area contributed by atoms with Gasteiger partial charge in [-0.15, -0.1) is 0 Å². The Bertz CT molecular complexity index is 1230. The number of nitrogens with one attached hydrogen (secondary N) is 1. The molecule has 2 aromatic carbocycles. The number of urea groups is 1. The molecule has 150 valence electrons. The van der Waals surface area contributed by atoms with E-state index < -0.39 is 6.03 Å². The van der Waals surface area contributed by atoms with Crippen molar-refractivity contribution in [2.45, 2.75) is 12.5 Å². The second kappa shape index (κ2) is 7.22. The molecule has 0 fully saturated rings. The van der Waals surface area contributed by atoms with E-state index in [-0.39, 0.29) is 6.04 Å². The number of nitrogens with two attached hydrogens (primary N) is 1. The van der Waals surface area contributed by atoms with Crippen LogP contribution in [0.3, 0.4) is 0 Å². The van der Waals surface area contributed by atoms with Crippen LogP contribution in [0.2, 0.25) is 0 Å². The molecule has 1 aliphatic heterocycles. The summed E-state index contributed by atoms with van der Waals surface area (Å²) in [5.41, 5.74) is 13.0. The van der Waals surface area contributed by atoms with Crippen molar-refractivity contribution >= 4 is 17.1 Å². The van der Waals surface area contributed by atoms with Gasteiger partial charge in [0.05, 0.1) is 24.2 Å². The zero-order valence-corrected chi connectivity index (χ0v) is 16.6. The first-order chi connectivity index (χ1) is 14.7. The molecule has 0 saturated carbocycles. The van der Waals surface area contributed by atoms with Crippen LogP contribution in [0.1, 0.15) is 22.7 Å². The highest BCUT2D eigenvalue weighted by atomic mass is 16.5. The molecule has 6 nitrogen and oxygen atoms in total. The Labute approximate surface area is 174 Å². The second-order valence-electron chi connectivity index (χ2n) is 7.46. The van der Waals surface area contributed by atoms with Crippen molar-refractivity contribution in [2.75, 3.05) is 13.7 Å². The molecule has 1 atom stereocenters. The Morgan fingerprint density at radius 2 is 1.93 bits per heavy atom. The number of hydrogen-bond donors (Lipinski definition) is 2. The first-order valence-corrected chi connectivity index (χ1v) is 9.92. The third-order valence-electron chi connectivity index (χ3n) is 5.79. The van der Waals surface area contributed by atoms with Gasteiger partial charge in [-0.1, -0.05) is 48.5 Å². The number of amides is 2. The molecule has 4 aromatic rings.